The highest BCUT2D eigenvalue weighted by atomic mass is 35.5. The van der Waals surface area contributed by atoms with Crippen molar-refractivity contribution in [3.63, 3.8) is 0 Å². The number of nitrogens with zero attached hydrogens (tertiary/aromatic N) is 2. The van der Waals surface area contributed by atoms with Crippen LogP contribution in [0.5, 0.6) is 0 Å². The second-order valence-electron chi connectivity index (χ2n) is 8.96. The number of amides is 2. The number of rotatable bonds is 4. The van der Waals surface area contributed by atoms with Crippen molar-refractivity contribution >= 4 is 29.1 Å². The molecule has 0 spiro atoms. The zero-order chi connectivity index (χ0) is 24.5. The summed E-state index contributed by atoms with van der Waals surface area (Å²) < 4.78 is 38.4. The van der Waals surface area contributed by atoms with Crippen LogP contribution in [0.15, 0.2) is 36.4 Å². The molecule has 9 heteroatoms. The van der Waals surface area contributed by atoms with Gasteiger partial charge in [0.05, 0.1) is 5.56 Å². The number of nitrogens with one attached hydrogen (secondary N) is 1. The molecule has 0 bridgehead atoms. The maximum atomic E-state index is 12.9. The van der Waals surface area contributed by atoms with Crippen molar-refractivity contribution in [1.29, 1.82) is 0 Å². The van der Waals surface area contributed by atoms with Crippen molar-refractivity contribution in [3.8, 4) is 0 Å². The second kappa shape index (κ2) is 9.96. The number of carbonyl (C=O) groups excluding carboxylic acids is 2. The molecule has 1 fully saturated rings. The summed E-state index contributed by atoms with van der Waals surface area (Å²) in [6, 6.07) is 8.41. The fraction of sp³-hybridized carbons (Fsp3) is 0.440. The number of hydrogen-bond donors (Lipinski definition) is 1. The Balaban J connectivity index is 1.42. The number of fused-ring (bicyclic) bond motifs is 1. The zero-order valence-corrected chi connectivity index (χ0v) is 19.7. The van der Waals surface area contributed by atoms with E-state index < -0.39 is 17.8 Å². The minimum absolute atomic E-state index is 0.100. The van der Waals surface area contributed by atoms with Crippen molar-refractivity contribution in [2.45, 2.75) is 57.9 Å². The normalized spacial score (nSPS) is 19.0. The van der Waals surface area contributed by atoms with E-state index in [9.17, 15) is 22.8 Å². The van der Waals surface area contributed by atoms with E-state index in [2.05, 4.69) is 10.2 Å². The Morgan fingerprint density at radius 1 is 1.12 bits per heavy atom. The average molecular weight is 494 g/mol. The topological polar surface area (TPSA) is 52.7 Å². The molecule has 182 valence electrons. The molecule has 0 saturated carbocycles. The first-order valence-corrected chi connectivity index (χ1v) is 11.8. The predicted molar refractivity (Wildman–Crippen MR) is 124 cm³/mol. The molecule has 2 heterocycles. The summed E-state index contributed by atoms with van der Waals surface area (Å²) in [5.41, 5.74) is 2.76. The monoisotopic (exact) mass is 493 g/mol. The van der Waals surface area contributed by atoms with Crippen molar-refractivity contribution in [2.24, 2.45) is 0 Å². The van der Waals surface area contributed by atoms with Gasteiger partial charge < -0.3 is 10.2 Å². The van der Waals surface area contributed by atoms with E-state index >= 15 is 0 Å². The number of piperidine rings is 1. The van der Waals surface area contributed by atoms with Gasteiger partial charge in [0.15, 0.2) is 0 Å². The van der Waals surface area contributed by atoms with Crippen LogP contribution in [0, 0.1) is 0 Å². The van der Waals surface area contributed by atoms with Gasteiger partial charge in [-0.2, -0.15) is 13.2 Å². The Kier molecular flexibility index (Phi) is 7.19. The van der Waals surface area contributed by atoms with Gasteiger partial charge in [-0.25, -0.2) is 0 Å². The summed E-state index contributed by atoms with van der Waals surface area (Å²) >= 11 is 6.57. The van der Waals surface area contributed by atoms with Crippen molar-refractivity contribution in [3.05, 3.63) is 63.7 Å². The highest BCUT2D eigenvalue weighted by Crippen LogP contribution is 2.32. The van der Waals surface area contributed by atoms with E-state index in [1.54, 1.807) is 11.0 Å². The summed E-state index contributed by atoms with van der Waals surface area (Å²) in [4.78, 5) is 28.5. The van der Waals surface area contributed by atoms with Crippen molar-refractivity contribution in [2.75, 3.05) is 18.4 Å². The van der Waals surface area contributed by atoms with E-state index in [0.29, 0.717) is 43.2 Å². The molecule has 0 unspecified atom stereocenters. The number of alkyl halides is 3. The van der Waals surface area contributed by atoms with Gasteiger partial charge in [-0.15, -0.1) is 0 Å². The maximum Gasteiger partial charge on any atom is 0.416 e. The zero-order valence-electron chi connectivity index (χ0n) is 18.9. The lowest BCUT2D eigenvalue weighted by atomic mass is 9.97. The summed E-state index contributed by atoms with van der Waals surface area (Å²) in [5, 5.41) is 3.47. The smallest absolute Gasteiger partial charge is 0.331 e. The summed E-state index contributed by atoms with van der Waals surface area (Å²) in [5.74, 6) is -0.304. The highest BCUT2D eigenvalue weighted by Gasteiger charge is 2.31. The Morgan fingerprint density at radius 2 is 1.85 bits per heavy atom. The van der Waals surface area contributed by atoms with Crippen LogP contribution < -0.4 is 5.32 Å². The maximum absolute atomic E-state index is 12.9. The number of carbonyl (C=O) groups is 2. The molecule has 1 N–H and O–H groups in total. The standard InChI is InChI=1S/C25H27ClF3N3O2/c1-16(33)32-10-3-2-4-23(32)24(34)30-20-12-18-9-11-31(15-21(18)22(26)13-20)14-17-5-7-19(8-6-17)25(27,28)29/h5-8,12-13,23H,2-4,9-11,14-15H2,1H3,(H,30,34)/t23-/m1/s1. The molecule has 0 aromatic heterocycles. The number of anilines is 1. The Labute approximate surface area is 201 Å². The number of halogens is 4. The molecule has 1 atom stereocenters. The van der Waals surface area contributed by atoms with Crippen LogP contribution >= 0.6 is 11.6 Å². The van der Waals surface area contributed by atoms with Crippen LogP contribution in [0.3, 0.4) is 0 Å². The van der Waals surface area contributed by atoms with Crippen LogP contribution in [0.25, 0.3) is 0 Å². The minimum Gasteiger partial charge on any atom is -0.331 e. The molecule has 4 rings (SSSR count). The van der Waals surface area contributed by atoms with Gasteiger partial charge in [0.2, 0.25) is 11.8 Å². The molecule has 34 heavy (non-hydrogen) atoms. The molecule has 0 aliphatic carbocycles. The van der Waals surface area contributed by atoms with Gasteiger partial charge >= 0.3 is 6.18 Å². The van der Waals surface area contributed by atoms with Crippen LogP contribution in [0.4, 0.5) is 18.9 Å². The highest BCUT2D eigenvalue weighted by molar-refractivity contribution is 6.31. The Bertz CT molecular complexity index is 1070. The van der Waals surface area contributed by atoms with Gasteiger partial charge in [-0.1, -0.05) is 23.7 Å². The molecule has 2 aliphatic heterocycles. The summed E-state index contributed by atoms with van der Waals surface area (Å²) in [6.07, 6.45) is -1.19. The lowest BCUT2D eigenvalue weighted by Crippen LogP contribution is -2.49. The number of likely N-dealkylation sites (tertiary alicyclic amines) is 1. The van der Waals surface area contributed by atoms with E-state index in [4.69, 9.17) is 11.6 Å². The Morgan fingerprint density at radius 3 is 2.53 bits per heavy atom. The molecule has 2 aromatic carbocycles. The number of benzene rings is 2. The predicted octanol–water partition coefficient (Wildman–Crippen LogP) is 5.26. The van der Waals surface area contributed by atoms with Crippen LogP contribution in [0.1, 0.15) is 48.4 Å². The van der Waals surface area contributed by atoms with Crippen LogP contribution in [0.2, 0.25) is 5.02 Å². The van der Waals surface area contributed by atoms with E-state index in [1.807, 2.05) is 6.07 Å². The quantitative estimate of drug-likeness (QED) is 0.632. The molecule has 2 aromatic rings. The first kappa shape index (κ1) is 24.5. The SMILES string of the molecule is CC(=O)N1CCCC[C@@H]1C(=O)Nc1cc(Cl)c2c(c1)CCN(Cc1ccc(C(F)(F)F)cc1)C2. The molecule has 5 nitrogen and oxygen atoms in total. The van der Waals surface area contributed by atoms with Crippen molar-refractivity contribution < 1.29 is 22.8 Å². The van der Waals surface area contributed by atoms with Gasteiger partial charge in [0.25, 0.3) is 0 Å². The third-order valence-corrected chi connectivity index (χ3v) is 6.87. The lowest BCUT2D eigenvalue weighted by Gasteiger charge is -2.34. The minimum atomic E-state index is -4.34. The van der Waals surface area contributed by atoms with Crippen LogP contribution in [-0.2, 0) is 35.3 Å². The van der Waals surface area contributed by atoms with E-state index in [1.165, 1.54) is 19.1 Å². The average Bonchev–Trinajstić information content (AvgIpc) is 2.79. The largest absolute Gasteiger partial charge is 0.416 e. The molecule has 0 radical (unpaired) electrons. The first-order valence-electron chi connectivity index (χ1n) is 11.4. The molecule has 1 saturated heterocycles. The summed E-state index contributed by atoms with van der Waals surface area (Å²) in [6.45, 7) is 3.90. The number of hydrogen-bond acceptors (Lipinski definition) is 3. The molecule has 2 aliphatic rings. The van der Waals surface area contributed by atoms with Crippen LogP contribution in [-0.4, -0.2) is 40.7 Å². The lowest BCUT2D eigenvalue weighted by molar-refractivity contribution is -0.138. The third-order valence-electron chi connectivity index (χ3n) is 6.53. The third kappa shape index (κ3) is 5.55. The fourth-order valence-electron chi connectivity index (χ4n) is 4.75. The first-order chi connectivity index (χ1) is 16.1. The Hall–Kier alpha value is -2.58. The molecule has 2 amide bonds. The molecular formula is C25H27ClF3N3O2. The van der Waals surface area contributed by atoms with E-state index in [0.717, 1.165) is 48.2 Å². The van der Waals surface area contributed by atoms with E-state index in [-0.39, 0.29) is 11.8 Å². The second-order valence-corrected chi connectivity index (χ2v) is 9.37. The van der Waals surface area contributed by atoms with Gasteiger partial charge in [0, 0.05) is 43.8 Å². The van der Waals surface area contributed by atoms with Gasteiger partial charge in [0.1, 0.15) is 6.04 Å². The van der Waals surface area contributed by atoms with Gasteiger partial charge in [-0.05, 0) is 66.6 Å². The molecular weight excluding hydrogens is 467 g/mol. The van der Waals surface area contributed by atoms with Crippen molar-refractivity contribution in [1.82, 2.24) is 9.80 Å². The van der Waals surface area contributed by atoms with Gasteiger partial charge in [-0.3, -0.25) is 14.5 Å². The fourth-order valence-corrected chi connectivity index (χ4v) is 5.04. The summed E-state index contributed by atoms with van der Waals surface area (Å²) in [7, 11) is 0.